The molecule has 1 heteroatoms. The lowest BCUT2D eigenvalue weighted by Gasteiger charge is -2.34. The predicted octanol–water partition coefficient (Wildman–Crippen LogP) is 13.5. The van der Waals surface area contributed by atoms with Crippen molar-refractivity contribution in [2.45, 2.75) is 77.0 Å². The Hall–Kier alpha value is -4.62. The summed E-state index contributed by atoms with van der Waals surface area (Å²) in [4.78, 5) is 2.61. The maximum absolute atomic E-state index is 2.61. The fourth-order valence-corrected chi connectivity index (χ4v) is 8.56. The van der Waals surface area contributed by atoms with Crippen LogP contribution in [-0.4, -0.2) is 0 Å². The Kier molecular flexibility index (Phi) is 7.52. The first-order chi connectivity index (χ1) is 22.9. The van der Waals surface area contributed by atoms with Crippen molar-refractivity contribution in [3.8, 4) is 22.3 Å². The molecule has 47 heavy (non-hydrogen) atoms. The fraction of sp³-hybridized carbons (Fsp3) is 0.261. The quantitative estimate of drug-likeness (QED) is 0.181. The van der Waals surface area contributed by atoms with E-state index >= 15 is 0 Å². The second-order valence-electron chi connectivity index (χ2n) is 14.6. The molecule has 6 aromatic rings. The molecule has 2 aliphatic carbocycles. The van der Waals surface area contributed by atoms with Crippen LogP contribution in [0.4, 0.5) is 17.1 Å². The van der Waals surface area contributed by atoms with E-state index in [0.717, 1.165) is 0 Å². The van der Waals surface area contributed by atoms with Gasteiger partial charge in [-0.3, -0.25) is 0 Å². The van der Waals surface area contributed by atoms with Crippen molar-refractivity contribution in [3.63, 3.8) is 0 Å². The number of nitrogens with zero attached hydrogens (tertiary/aromatic N) is 1. The van der Waals surface area contributed by atoms with Crippen LogP contribution in [0.1, 0.15) is 93.9 Å². The van der Waals surface area contributed by atoms with Crippen LogP contribution >= 0.6 is 0 Å². The lowest BCUT2D eigenvalue weighted by Crippen LogP contribution is -2.18. The Bertz CT molecular complexity index is 2090. The Morgan fingerprint density at radius 3 is 1.98 bits per heavy atom. The average molecular weight is 612 g/mol. The molecule has 1 nitrogen and oxygen atoms in total. The molecule has 0 unspecified atom stereocenters. The van der Waals surface area contributed by atoms with Gasteiger partial charge in [0.25, 0.3) is 0 Å². The van der Waals surface area contributed by atoms with Crippen LogP contribution in [0, 0.1) is 0 Å². The van der Waals surface area contributed by atoms with E-state index in [2.05, 4.69) is 160 Å². The second kappa shape index (κ2) is 11.9. The minimum Gasteiger partial charge on any atom is -0.310 e. The molecule has 2 aliphatic rings. The fourth-order valence-electron chi connectivity index (χ4n) is 8.56. The topological polar surface area (TPSA) is 3.24 Å². The van der Waals surface area contributed by atoms with Crippen LogP contribution in [0.25, 0.3) is 33.0 Å². The highest BCUT2D eigenvalue weighted by atomic mass is 15.1. The van der Waals surface area contributed by atoms with Crippen molar-refractivity contribution in [3.05, 3.63) is 150 Å². The van der Waals surface area contributed by atoms with Crippen LogP contribution in [0.3, 0.4) is 0 Å². The summed E-state index contributed by atoms with van der Waals surface area (Å²) in [6.07, 6.45) is 6.50. The van der Waals surface area contributed by atoms with Crippen molar-refractivity contribution < 1.29 is 0 Å². The summed E-state index contributed by atoms with van der Waals surface area (Å²) in [5, 5.41) is 2.54. The number of anilines is 3. The summed E-state index contributed by atoms with van der Waals surface area (Å²) in [6.45, 7) is 9.41. The van der Waals surface area contributed by atoms with Gasteiger partial charge in [0.1, 0.15) is 0 Å². The van der Waals surface area contributed by atoms with E-state index < -0.39 is 0 Å². The highest BCUT2D eigenvalue weighted by Gasteiger charge is 2.36. The standard InChI is InChI=1S/C46H45N/c1-31(2)36-20-10-11-22-38(36)41-28-33-18-8-9-19-34(33)29-45(41)47(44-25-15-13-21-37(44)32-16-6-5-7-17-32)35-26-27-40-39-23-12-14-24-42(39)46(3,4)43(40)30-35/h8-15,18-32H,5-7,16-17H2,1-4H3. The van der Waals surface area contributed by atoms with E-state index in [9.17, 15) is 0 Å². The largest absolute Gasteiger partial charge is 0.310 e. The molecule has 0 aliphatic heterocycles. The van der Waals surface area contributed by atoms with E-state index in [4.69, 9.17) is 0 Å². The van der Waals surface area contributed by atoms with Crippen molar-refractivity contribution in [2.75, 3.05) is 4.90 Å². The number of hydrogen-bond acceptors (Lipinski definition) is 1. The minimum absolute atomic E-state index is 0.0764. The Morgan fingerprint density at radius 2 is 1.19 bits per heavy atom. The Morgan fingerprint density at radius 1 is 0.553 bits per heavy atom. The van der Waals surface area contributed by atoms with Gasteiger partial charge in [-0.25, -0.2) is 0 Å². The van der Waals surface area contributed by atoms with E-state index in [0.29, 0.717) is 11.8 Å². The van der Waals surface area contributed by atoms with Crippen LogP contribution < -0.4 is 4.90 Å². The van der Waals surface area contributed by atoms with Gasteiger partial charge in [0.2, 0.25) is 0 Å². The first-order valence-corrected chi connectivity index (χ1v) is 17.7. The van der Waals surface area contributed by atoms with Gasteiger partial charge < -0.3 is 4.90 Å². The highest BCUT2D eigenvalue weighted by molar-refractivity contribution is 5.99. The zero-order chi connectivity index (χ0) is 32.1. The van der Waals surface area contributed by atoms with Crippen molar-refractivity contribution in [2.24, 2.45) is 0 Å². The van der Waals surface area contributed by atoms with Gasteiger partial charge in [0, 0.05) is 22.4 Å². The van der Waals surface area contributed by atoms with Gasteiger partial charge in [-0.05, 0) is 105 Å². The minimum atomic E-state index is -0.0764. The third-order valence-electron chi connectivity index (χ3n) is 11.0. The number of rotatable bonds is 6. The summed E-state index contributed by atoms with van der Waals surface area (Å²) >= 11 is 0. The molecule has 0 aromatic heterocycles. The molecular weight excluding hydrogens is 567 g/mol. The summed E-state index contributed by atoms with van der Waals surface area (Å²) < 4.78 is 0. The lowest BCUT2D eigenvalue weighted by atomic mass is 9.81. The normalized spacial score (nSPS) is 15.5. The molecule has 0 heterocycles. The smallest absolute Gasteiger partial charge is 0.0546 e. The van der Waals surface area contributed by atoms with Crippen LogP contribution in [0.5, 0.6) is 0 Å². The average Bonchev–Trinajstić information content (AvgIpc) is 3.34. The van der Waals surface area contributed by atoms with Gasteiger partial charge in [-0.1, -0.05) is 144 Å². The zero-order valence-corrected chi connectivity index (χ0v) is 28.3. The van der Waals surface area contributed by atoms with Gasteiger partial charge in [-0.2, -0.15) is 0 Å². The molecule has 234 valence electrons. The first-order valence-electron chi connectivity index (χ1n) is 17.7. The van der Waals surface area contributed by atoms with Gasteiger partial charge in [-0.15, -0.1) is 0 Å². The molecule has 1 fully saturated rings. The van der Waals surface area contributed by atoms with E-state index in [1.54, 1.807) is 0 Å². The van der Waals surface area contributed by atoms with E-state index in [1.807, 2.05) is 0 Å². The molecule has 0 bridgehead atoms. The monoisotopic (exact) mass is 611 g/mol. The van der Waals surface area contributed by atoms with Crippen molar-refractivity contribution in [1.82, 2.24) is 0 Å². The highest BCUT2D eigenvalue weighted by Crippen LogP contribution is 2.53. The van der Waals surface area contributed by atoms with Crippen LogP contribution in [0.2, 0.25) is 0 Å². The molecule has 6 aromatic carbocycles. The summed E-state index contributed by atoms with van der Waals surface area (Å²) in [6, 6.07) is 48.3. The number of para-hydroxylation sites is 1. The molecule has 1 saturated carbocycles. The number of fused-ring (bicyclic) bond motifs is 4. The molecule has 0 radical (unpaired) electrons. The summed E-state index contributed by atoms with van der Waals surface area (Å²) in [5.74, 6) is 0.984. The maximum Gasteiger partial charge on any atom is 0.0546 e. The molecule has 0 saturated heterocycles. The SMILES string of the molecule is CC(C)c1ccccc1-c1cc2ccccc2cc1N(c1ccc2c(c1)C(C)(C)c1ccccc1-2)c1ccccc1C1CCCCC1. The van der Waals surface area contributed by atoms with E-state index in [-0.39, 0.29) is 5.41 Å². The van der Waals surface area contributed by atoms with Crippen molar-refractivity contribution in [1.29, 1.82) is 0 Å². The Balaban J connectivity index is 1.43. The third kappa shape index (κ3) is 5.08. The second-order valence-corrected chi connectivity index (χ2v) is 14.6. The van der Waals surface area contributed by atoms with Crippen molar-refractivity contribution >= 4 is 27.8 Å². The number of benzene rings is 6. The van der Waals surface area contributed by atoms with Crippen LogP contribution in [-0.2, 0) is 5.41 Å². The summed E-state index contributed by atoms with van der Waals surface area (Å²) in [5.41, 5.74) is 14.7. The van der Waals surface area contributed by atoms with E-state index in [1.165, 1.54) is 104 Å². The van der Waals surface area contributed by atoms with Crippen LogP contribution in [0.15, 0.2) is 127 Å². The lowest BCUT2D eigenvalue weighted by molar-refractivity contribution is 0.444. The summed E-state index contributed by atoms with van der Waals surface area (Å²) in [7, 11) is 0. The van der Waals surface area contributed by atoms with Gasteiger partial charge in [0.05, 0.1) is 5.69 Å². The Labute approximate surface area is 280 Å². The maximum atomic E-state index is 2.61. The molecule has 8 rings (SSSR count). The van der Waals surface area contributed by atoms with Gasteiger partial charge >= 0.3 is 0 Å². The van der Waals surface area contributed by atoms with Gasteiger partial charge in [0.15, 0.2) is 0 Å². The molecular formula is C46H45N. The third-order valence-corrected chi connectivity index (χ3v) is 11.0. The number of hydrogen-bond donors (Lipinski definition) is 0. The molecule has 0 N–H and O–H groups in total. The predicted molar refractivity (Wildman–Crippen MR) is 202 cm³/mol. The molecule has 0 amide bonds. The zero-order valence-electron chi connectivity index (χ0n) is 28.3. The molecule has 0 atom stereocenters. The first kappa shape index (κ1) is 29.8. The molecule has 0 spiro atoms.